The first-order valence-corrected chi connectivity index (χ1v) is 9.11. The summed E-state index contributed by atoms with van der Waals surface area (Å²) in [5.41, 5.74) is 1.53. The number of nitrogens with zero attached hydrogens (tertiary/aromatic N) is 3. The third-order valence-electron chi connectivity index (χ3n) is 3.69. The van der Waals surface area contributed by atoms with Gasteiger partial charge >= 0.3 is 0 Å². The number of carbonyl (C=O) groups is 1. The van der Waals surface area contributed by atoms with Crippen molar-refractivity contribution in [2.45, 2.75) is 5.22 Å². The molecule has 0 spiro atoms. The number of nitriles is 1. The molecule has 9 heteroatoms. The van der Waals surface area contributed by atoms with E-state index in [1.165, 1.54) is 0 Å². The predicted molar refractivity (Wildman–Crippen MR) is 103 cm³/mol. The van der Waals surface area contributed by atoms with E-state index in [0.29, 0.717) is 34.2 Å². The van der Waals surface area contributed by atoms with Gasteiger partial charge in [0.25, 0.3) is 5.22 Å². The maximum absolute atomic E-state index is 12.1. The maximum atomic E-state index is 12.1. The second-order valence-corrected chi connectivity index (χ2v) is 6.36. The molecule has 0 radical (unpaired) electrons. The summed E-state index contributed by atoms with van der Waals surface area (Å²) in [5, 5.41) is 20.0. The number of carbonyl (C=O) groups excluding carboxylic acids is 1. The van der Waals surface area contributed by atoms with Crippen LogP contribution >= 0.6 is 11.8 Å². The number of ether oxygens (including phenoxy) is 2. The largest absolute Gasteiger partial charge is 0.493 e. The van der Waals surface area contributed by atoms with Crippen LogP contribution in [0.1, 0.15) is 5.56 Å². The lowest BCUT2D eigenvalue weighted by atomic mass is 10.2. The number of thioether (sulfide) groups is 1. The second-order valence-electron chi connectivity index (χ2n) is 5.44. The Morgan fingerprint density at radius 1 is 1.18 bits per heavy atom. The highest BCUT2D eigenvalue weighted by Gasteiger charge is 2.14. The van der Waals surface area contributed by atoms with Crippen molar-refractivity contribution in [2.75, 3.05) is 25.3 Å². The molecule has 2 aromatic carbocycles. The number of amides is 1. The van der Waals surface area contributed by atoms with E-state index in [1.54, 1.807) is 56.7 Å². The molecule has 1 N–H and O–H groups in total. The number of anilines is 1. The molecule has 3 aromatic rings. The first kappa shape index (κ1) is 19.3. The summed E-state index contributed by atoms with van der Waals surface area (Å²) in [5.74, 6) is 1.22. The van der Waals surface area contributed by atoms with E-state index < -0.39 is 0 Å². The van der Waals surface area contributed by atoms with Gasteiger partial charge in [-0.1, -0.05) is 23.9 Å². The molecule has 3 rings (SSSR count). The zero-order valence-electron chi connectivity index (χ0n) is 15.1. The molecular weight excluding hydrogens is 380 g/mol. The molecule has 28 heavy (non-hydrogen) atoms. The zero-order chi connectivity index (χ0) is 19.9. The van der Waals surface area contributed by atoms with Crippen LogP contribution in [0.15, 0.2) is 52.1 Å². The molecule has 0 unspecified atom stereocenters. The van der Waals surface area contributed by atoms with Crippen molar-refractivity contribution in [3.05, 3.63) is 48.0 Å². The molecule has 0 atom stereocenters. The smallest absolute Gasteiger partial charge is 0.277 e. The lowest BCUT2D eigenvalue weighted by Crippen LogP contribution is -2.14. The molecule has 1 aromatic heterocycles. The molecule has 0 fully saturated rings. The van der Waals surface area contributed by atoms with Crippen LogP contribution < -0.4 is 14.8 Å². The van der Waals surface area contributed by atoms with Gasteiger partial charge in [0.15, 0.2) is 11.5 Å². The summed E-state index contributed by atoms with van der Waals surface area (Å²) in [6.07, 6.45) is 0. The lowest BCUT2D eigenvalue weighted by Gasteiger charge is -2.07. The van der Waals surface area contributed by atoms with E-state index in [-0.39, 0.29) is 16.9 Å². The van der Waals surface area contributed by atoms with Gasteiger partial charge in [0.05, 0.1) is 31.2 Å². The van der Waals surface area contributed by atoms with Crippen molar-refractivity contribution in [1.82, 2.24) is 10.2 Å². The number of hydrogen-bond donors (Lipinski definition) is 1. The van der Waals surface area contributed by atoms with Gasteiger partial charge < -0.3 is 19.2 Å². The fourth-order valence-corrected chi connectivity index (χ4v) is 2.92. The van der Waals surface area contributed by atoms with Gasteiger partial charge in [0.1, 0.15) is 6.07 Å². The zero-order valence-corrected chi connectivity index (χ0v) is 15.9. The van der Waals surface area contributed by atoms with Gasteiger partial charge in [0.2, 0.25) is 11.8 Å². The van der Waals surface area contributed by atoms with Gasteiger partial charge in [-0.15, -0.1) is 10.2 Å². The van der Waals surface area contributed by atoms with Gasteiger partial charge in [-0.25, -0.2) is 0 Å². The van der Waals surface area contributed by atoms with Crippen LogP contribution in [0.25, 0.3) is 11.5 Å². The molecular formula is C19H16N4O4S. The molecule has 1 amide bonds. The Morgan fingerprint density at radius 2 is 1.96 bits per heavy atom. The molecule has 0 aliphatic rings. The number of para-hydroxylation sites is 1. The van der Waals surface area contributed by atoms with Crippen molar-refractivity contribution in [2.24, 2.45) is 0 Å². The van der Waals surface area contributed by atoms with Crippen LogP contribution in [-0.4, -0.2) is 36.1 Å². The van der Waals surface area contributed by atoms with Crippen molar-refractivity contribution < 1.29 is 18.7 Å². The second kappa shape index (κ2) is 8.92. The summed E-state index contributed by atoms with van der Waals surface area (Å²) < 4.78 is 16.1. The van der Waals surface area contributed by atoms with Crippen LogP contribution in [0.3, 0.4) is 0 Å². The quantitative estimate of drug-likeness (QED) is 0.605. The lowest BCUT2D eigenvalue weighted by molar-refractivity contribution is -0.113. The Hall–Kier alpha value is -3.51. The Labute approximate surface area is 165 Å². The number of aromatic nitrogens is 2. The summed E-state index contributed by atoms with van der Waals surface area (Å²) >= 11 is 1.10. The van der Waals surface area contributed by atoms with E-state index in [2.05, 4.69) is 15.5 Å². The highest BCUT2D eigenvalue weighted by molar-refractivity contribution is 7.99. The Morgan fingerprint density at radius 3 is 2.71 bits per heavy atom. The standard InChI is InChI=1S/C19H16N4O4S/c1-25-15-8-7-12(9-16(15)26-2)18-22-23-19(27-18)28-11-17(24)21-14-6-4-3-5-13(14)10-20/h3-9H,11H2,1-2H3,(H,21,24). The number of rotatable bonds is 7. The molecule has 8 nitrogen and oxygen atoms in total. The van der Waals surface area contributed by atoms with Crippen molar-refractivity contribution in [1.29, 1.82) is 5.26 Å². The predicted octanol–water partition coefficient (Wildman–Crippen LogP) is 3.36. The third-order valence-corrected chi connectivity index (χ3v) is 4.50. The topological polar surface area (TPSA) is 110 Å². The maximum Gasteiger partial charge on any atom is 0.277 e. The number of methoxy groups -OCH3 is 2. The molecule has 0 aliphatic heterocycles. The fourth-order valence-electron chi connectivity index (χ4n) is 2.36. The Balaban J connectivity index is 1.63. The Bertz CT molecular complexity index is 1030. The van der Waals surface area contributed by atoms with Crippen molar-refractivity contribution in [3.63, 3.8) is 0 Å². The van der Waals surface area contributed by atoms with Crippen molar-refractivity contribution in [3.8, 4) is 29.0 Å². The van der Waals surface area contributed by atoms with E-state index >= 15 is 0 Å². The summed E-state index contributed by atoms with van der Waals surface area (Å²) in [6, 6.07) is 14.1. The SMILES string of the molecule is COc1ccc(-c2nnc(SCC(=O)Nc3ccccc3C#N)o2)cc1OC. The van der Waals surface area contributed by atoms with Gasteiger partial charge in [-0.3, -0.25) is 4.79 Å². The van der Waals surface area contributed by atoms with E-state index in [0.717, 1.165) is 11.8 Å². The molecule has 0 aliphatic carbocycles. The van der Waals surface area contributed by atoms with Crippen LogP contribution in [0.4, 0.5) is 5.69 Å². The van der Waals surface area contributed by atoms with E-state index in [9.17, 15) is 4.79 Å². The average Bonchev–Trinajstić information content (AvgIpc) is 3.21. The minimum Gasteiger partial charge on any atom is -0.493 e. The highest BCUT2D eigenvalue weighted by Crippen LogP contribution is 2.32. The van der Waals surface area contributed by atoms with Crippen LogP contribution in [-0.2, 0) is 4.79 Å². The molecule has 0 saturated carbocycles. The first-order valence-electron chi connectivity index (χ1n) is 8.12. The molecule has 142 valence electrons. The Kier molecular flexibility index (Phi) is 6.14. The van der Waals surface area contributed by atoms with Gasteiger partial charge in [-0.2, -0.15) is 5.26 Å². The number of benzene rings is 2. The summed E-state index contributed by atoms with van der Waals surface area (Å²) in [6.45, 7) is 0. The number of nitrogens with one attached hydrogen (secondary N) is 1. The van der Waals surface area contributed by atoms with E-state index in [1.807, 2.05) is 6.07 Å². The monoisotopic (exact) mass is 396 g/mol. The van der Waals surface area contributed by atoms with Crippen LogP contribution in [0, 0.1) is 11.3 Å². The van der Waals surface area contributed by atoms with Gasteiger partial charge in [0, 0.05) is 5.56 Å². The number of hydrogen-bond acceptors (Lipinski definition) is 8. The van der Waals surface area contributed by atoms with Gasteiger partial charge in [-0.05, 0) is 30.3 Å². The minimum atomic E-state index is -0.279. The van der Waals surface area contributed by atoms with E-state index in [4.69, 9.17) is 19.2 Å². The summed E-state index contributed by atoms with van der Waals surface area (Å²) in [4.78, 5) is 12.1. The van der Waals surface area contributed by atoms with Crippen LogP contribution in [0.2, 0.25) is 0 Å². The minimum absolute atomic E-state index is 0.0628. The normalized spacial score (nSPS) is 10.2. The first-order chi connectivity index (χ1) is 13.6. The third kappa shape index (κ3) is 4.42. The van der Waals surface area contributed by atoms with Crippen molar-refractivity contribution >= 4 is 23.4 Å². The fraction of sp³-hybridized carbons (Fsp3) is 0.158. The average molecular weight is 396 g/mol. The highest BCUT2D eigenvalue weighted by atomic mass is 32.2. The molecule has 0 bridgehead atoms. The summed E-state index contributed by atoms with van der Waals surface area (Å²) in [7, 11) is 3.10. The molecule has 1 heterocycles. The molecule has 0 saturated heterocycles. The van der Waals surface area contributed by atoms with Crippen LogP contribution in [0.5, 0.6) is 11.5 Å².